The molecule has 4 rings (SSSR count). The Hall–Kier alpha value is -3.07. The van der Waals surface area contributed by atoms with Gasteiger partial charge in [-0.1, -0.05) is 19.1 Å². The molecule has 2 amide bonds. The Labute approximate surface area is 160 Å². The first-order valence-electron chi connectivity index (χ1n) is 8.99. The highest BCUT2D eigenvalue weighted by Crippen LogP contribution is 2.45. The van der Waals surface area contributed by atoms with Gasteiger partial charge in [-0.05, 0) is 18.1 Å². The van der Waals surface area contributed by atoms with E-state index in [2.05, 4.69) is 0 Å². The highest BCUT2D eigenvalue weighted by Gasteiger charge is 2.60. The first-order chi connectivity index (χ1) is 13.3. The monoisotopic (exact) mass is 386 g/mol. The van der Waals surface area contributed by atoms with Crippen LogP contribution in [0.3, 0.4) is 0 Å². The third-order valence-electron chi connectivity index (χ3n) is 5.29. The van der Waals surface area contributed by atoms with Gasteiger partial charge in [-0.25, -0.2) is 0 Å². The van der Waals surface area contributed by atoms with E-state index in [1.54, 1.807) is 6.92 Å². The van der Waals surface area contributed by atoms with Crippen LogP contribution in [0.25, 0.3) is 0 Å². The average Bonchev–Trinajstić information content (AvgIpc) is 3.32. The largest absolute Gasteiger partial charge is 0.427 e. The number of hydrogen-bond acceptors (Lipinski definition) is 7. The summed E-state index contributed by atoms with van der Waals surface area (Å²) in [5.74, 6) is -2.03. The predicted molar refractivity (Wildman–Crippen MR) is 94.0 cm³/mol. The van der Waals surface area contributed by atoms with Gasteiger partial charge in [0.15, 0.2) is 0 Å². The number of carbonyl (C=O) groups excluding carboxylic acids is 3. The lowest BCUT2D eigenvalue weighted by molar-refractivity contribution is -0.384. The van der Waals surface area contributed by atoms with Crippen molar-refractivity contribution in [3.8, 4) is 5.75 Å². The second-order valence-corrected chi connectivity index (χ2v) is 7.32. The highest BCUT2D eigenvalue weighted by molar-refractivity contribution is 6.06. The number of hydrogen-bond donors (Lipinski definition) is 0. The SMILES string of the molecule is C[C@@H](CC(=O)Oc1ccc([N+](=O)[O-])cc1)CN1C(=O)C2C3C=CC(O3)C2C1=O. The van der Waals surface area contributed by atoms with Crippen LogP contribution in [-0.4, -0.2) is 46.4 Å². The molecule has 0 saturated carbocycles. The quantitative estimate of drug-likeness (QED) is 0.181. The molecule has 9 nitrogen and oxygen atoms in total. The molecular weight excluding hydrogens is 368 g/mol. The van der Waals surface area contributed by atoms with Gasteiger partial charge >= 0.3 is 5.97 Å². The Kier molecular flexibility index (Phi) is 4.46. The molecule has 3 aliphatic heterocycles. The molecule has 0 aromatic heterocycles. The van der Waals surface area contributed by atoms with Gasteiger partial charge in [-0.15, -0.1) is 0 Å². The van der Waals surface area contributed by atoms with Gasteiger partial charge in [-0.3, -0.25) is 29.4 Å². The topological polar surface area (TPSA) is 116 Å². The van der Waals surface area contributed by atoms with Gasteiger partial charge in [0.05, 0.1) is 35.4 Å². The molecular formula is C19H18N2O7. The first kappa shape index (κ1) is 18.3. The summed E-state index contributed by atoms with van der Waals surface area (Å²) in [7, 11) is 0. The Balaban J connectivity index is 1.32. The Morgan fingerprint density at radius 3 is 2.29 bits per heavy atom. The zero-order chi connectivity index (χ0) is 20.0. The average molecular weight is 386 g/mol. The minimum absolute atomic E-state index is 0.00495. The van der Waals surface area contributed by atoms with Crippen LogP contribution in [0.4, 0.5) is 5.69 Å². The molecule has 9 heteroatoms. The number of nitro benzene ring substituents is 1. The molecule has 0 N–H and O–H groups in total. The summed E-state index contributed by atoms with van der Waals surface area (Å²) >= 11 is 0. The van der Waals surface area contributed by atoms with Crippen molar-refractivity contribution in [1.29, 1.82) is 0 Å². The van der Waals surface area contributed by atoms with Crippen molar-refractivity contribution in [3.05, 3.63) is 46.5 Å². The van der Waals surface area contributed by atoms with Crippen molar-refractivity contribution in [2.75, 3.05) is 6.54 Å². The summed E-state index contributed by atoms with van der Waals surface area (Å²) in [6, 6.07) is 5.18. The maximum absolute atomic E-state index is 12.6. The molecule has 0 radical (unpaired) electrons. The number of benzene rings is 1. The number of nitrogens with zero attached hydrogens (tertiary/aromatic N) is 2. The highest BCUT2D eigenvalue weighted by atomic mass is 16.6. The molecule has 2 saturated heterocycles. The molecule has 4 unspecified atom stereocenters. The number of rotatable bonds is 6. The number of esters is 1. The van der Waals surface area contributed by atoms with Crippen molar-refractivity contribution in [1.82, 2.24) is 4.90 Å². The van der Waals surface area contributed by atoms with E-state index >= 15 is 0 Å². The fourth-order valence-electron chi connectivity index (χ4n) is 4.02. The van der Waals surface area contributed by atoms with E-state index in [1.807, 2.05) is 12.2 Å². The van der Waals surface area contributed by atoms with E-state index < -0.39 is 22.7 Å². The molecule has 0 aliphatic carbocycles. The summed E-state index contributed by atoms with van der Waals surface area (Å²) in [6.07, 6.45) is 2.99. The molecule has 3 aliphatic rings. The van der Waals surface area contributed by atoms with Crippen LogP contribution in [-0.2, 0) is 19.1 Å². The van der Waals surface area contributed by atoms with Crippen molar-refractivity contribution in [2.45, 2.75) is 25.6 Å². The van der Waals surface area contributed by atoms with E-state index in [4.69, 9.17) is 9.47 Å². The van der Waals surface area contributed by atoms with Crippen LogP contribution >= 0.6 is 0 Å². The van der Waals surface area contributed by atoms with Gasteiger partial charge in [0.1, 0.15) is 5.75 Å². The number of carbonyl (C=O) groups is 3. The molecule has 0 spiro atoms. The van der Waals surface area contributed by atoms with Crippen LogP contribution < -0.4 is 4.74 Å². The smallest absolute Gasteiger partial charge is 0.311 e. The lowest BCUT2D eigenvalue weighted by Gasteiger charge is -2.21. The summed E-state index contributed by atoms with van der Waals surface area (Å²) < 4.78 is 10.8. The first-order valence-corrected chi connectivity index (χ1v) is 8.99. The minimum Gasteiger partial charge on any atom is -0.427 e. The molecule has 2 bridgehead atoms. The summed E-state index contributed by atoms with van der Waals surface area (Å²) in [5, 5.41) is 10.6. The van der Waals surface area contributed by atoms with Crippen LogP contribution in [0, 0.1) is 27.9 Å². The van der Waals surface area contributed by atoms with E-state index in [9.17, 15) is 24.5 Å². The molecule has 28 heavy (non-hydrogen) atoms. The van der Waals surface area contributed by atoms with E-state index in [0.29, 0.717) is 0 Å². The van der Waals surface area contributed by atoms with Crippen molar-refractivity contribution in [3.63, 3.8) is 0 Å². The van der Waals surface area contributed by atoms with E-state index in [0.717, 1.165) is 0 Å². The zero-order valence-corrected chi connectivity index (χ0v) is 15.0. The number of nitro groups is 1. The lowest BCUT2D eigenvalue weighted by atomic mass is 9.85. The number of fused-ring (bicyclic) bond motifs is 5. The molecule has 146 valence electrons. The third kappa shape index (κ3) is 3.07. The van der Waals surface area contributed by atoms with Crippen LogP contribution in [0.1, 0.15) is 13.3 Å². The van der Waals surface area contributed by atoms with Gasteiger partial charge in [0.25, 0.3) is 5.69 Å². The summed E-state index contributed by atoms with van der Waals surface area (Å²) in [6.45, 7) is 1.90. The fourth-order valence-corrected chi connectivity index (χ4v) is 4.02. The van der Waals surface area contributed by atoms with Crippen LogP contribution in [0.2, 0.25) is 0 Å². The lowest BCUT2D eigenvalue weighted by Crippen LogP contribution is -2.38. The molecule has 1 aromatic rings. The van der Waals surface area contributed by atoms with Crippen LogP contribution in [0.5, 0.6) is 5.75 Å². The van der Waals surface area contributed by atoms with E-state index in [1.165, 1.54) is 29.2 Å². The molecule has 3 heterocycles. The second-order valence-electron chi connectivity index (χ2n) is 7.32. The predicted octanol–water partition coefficient (Wildman–Crippen LogP) is 1.46. The second kappa shape index (κ2) is 6.83. The van der Waals surface area contributed by atoms with Gasteiger partial charge in [0, 0.05) is 18.7 Å². The molecule has 5 atom stereocenters. The van der Waals surface area contributed by atoms with Crippen molar-refractivity contribution >= 4 is 23.5 Å². The standard InChI is InChI=1S/C19H18N2O7/c1-10(8-15(22)27-12-4-2-11(3-5-12)21(25)26)9-20-18(23)16-13-6-7-14(28-13)17(16)19(20)24/h2-7,10,13-14,16-17H,8-9H2,1H3/t10-,13?,14?,16?,17?/m0/s1. The molecule has 1 aromatic carbocycles. The van der Waals surface area contributed by atoms with Crippen molar-refractivity contribution in [2.24, 2.45) is 17.8 Å². The van der Waals surface area contributed by atoms with Crippen LogP contribution in [0.15, 0.2) is 36.4 Å². The van der Waals surface area contributed by atoms with E-state index in [-0.39, 0.29) is 54.3 Å². The van der Waals surface area contributed by atoms with Crippen molar-refractivity contribution < 1.29 is 28.8 Å². The summed E-state index contributed by atoms with van der Waals surface area (Å²) in [5.41, 5.74) is -0.0998. The van der Waals surface area contributed by atoms with Gasteiger partial charge in [-0.2, -0.15) is 0 Å². The maximum atomic E-state index is 12.6. The van der Waals surface area contributed by atoms with Gasteiger partial charge in [0.2, 0.25) is 11.8 Å². The number of ether oxygens (including phenoxy) is 2. The molecule has 2 fully saturated rings. The maximum Gasteiger partial charge on any atom is 0.311 e. The number of amides is 2. The number of likely N-dealkylation sites (tertiary alicyclic amines) is 1. The minimum atomic E-state index is -0.542. The Morgan fingerprint density at radius 1 is 1.18 bits per heavy atom. The number of non-ortho nitro benzene ring substituents is 1. The zero-order valence-electron chi connectivity index (χ0n) is 15.0. The Bertz CT molecular complexity index is 849. The number of imide groups is 1. The summed E-state index contributed by atoms with van der Waals surface area (Å²) in [4.78, 5) is 48.7. The normalized spacial score (nSPS) is 28.5. The third-order valence-corrected chi connectivity index (χ3v) is 5.29. The Morgan fingerprint density at radius 2 is 1.75 bits per heavy atom. The fraction of sp³-hybridized carbons (Fsp3) is 0.421. The van der Waals surface area contributed by atoms with Gasteiger partial charge < -0.3 is 9.47 Å².